The van der Waals surface area contributed by atoms with E-state index in [9.17, 15) is 0 Å². The summed E-state index contributed by atoms with van der Waals surface area (Å²) in [6, 6.07) is 10.0. The van der Waals surface area contributed by atoms with Crippen molar-refractivity contribution in [1.29, 1.82) is 0 Å². The molecule has 4 nitrogen and oxygen atoms in total. The monoisotopic (exact) mass is 290 g/mol. The van der Waals surface area contributed by atoms with E-state index in [0.29, 0.717) is 6.04 Å². The average Bonchev–Trinajstić information content (AvgIpc) is 2.86. The lowest BCUT2D eigenvalue weighted by Gasteiger charge is -2.35. The highest BCUT2D eigenvalue weighted by atomic mass is 16.5. The van der Waals surface area contributed by atoms with Crippen molar-refractivity contribution < 1.29 is 9.47 Å². The van der Waals surface area contributed by atoms with Crippen molar-refractivity contribution >= 4 is 0 Å². The number of likely N-dealkylation sites (N-methyl/N-ethyl adjacent to an activating group) is 1. The van der Waals surface area contributed by atoms with E-state index in [1.807, 2.05) is 24.3 Å². The highest BCUT2D eigenvalue weighted by Crippen LogP contribution is 2.29. The van der Waals surface area contributed by atoms with Gasteiger partial charge in [0.05, 0.1) is 7.11 Å². The Morgan fingerprint density at radius 2 is 1.71 bits per heavy atom. The highest BCUT2D eigenvalue weighted by molar-refractivity contribution is 5.31. The topological polar surface area (TPSA) is 33.7 Å². The predicted octanol–water partition coefficient (Wildman–Crippen LogP) is 2.29. The molecule has 0 amide bonds. The fourth-order valence-corrected chi connectivity index (χ4v) is 3.55. The van der Waals surface area contributed by atoms with Crippen LogP contribution in [0.2, 0.25) is 0 Å². The van der Waals surface area contributed by atoms with E-state index in [0.717, 1.165) is 36.7 Å². The van der Waals surface area contributed by atoms with E-state index in [-0.39, 0.29) is 0 Å². The summed E-state index contributed by atoms with van der Waals surface area (Å²) in [6.45, 7) is 1.72. The first-order valence-electron chi connectivity index (χ1n) is 7.98. The number of benzene rings is 1. The van der Waals surface area contributed by atoms with Crippen LogP contribution in [0.3, 0.4) is 0 Å². The second-order valence-corrected chi connectivity index (χ2v) is 6.27. The second kappa shape index (κ2) is 6.67. The minimum atomic E-state index is 0.711. The number of fused-ring (bicyclic) bond motifs is 2. The summed E-state index contributed by atoms with van der Waals surface area (Å²) < 4.78 is 11.0. The molecule has 0 radical (unpaired) electrons. The molecule has 0 saturated carbocycles. The van der Waals surface area contributed by atoms with Crippen LogP contribution in [0.1, 0.15) is 25.7 Å². The maximum Gasteiger partial charge on any atom is 0.119 e. The summed E-state index contributed by atoms with van der Waals surface area (Å²) in [5, 5.41) is 3.70. The van der Waals surface area contributed by atoms with Crippen LogP contribution < -0.4 is 14.8 Å². The summed E-state index contributed by atoms with van der Waals surface area (Å²) in [5.74, 6) is 1.78. The van der Waals surface area contributed by atoms with E-state index in [1.54, 1.807) is 7.11 Å². The fourth-order valence-electron chi connectivity index (χ4n) is 3.55. The number of ether oxygens (including phenoxy) is 2. The molecule has 2 atom stereocenters. The Bertz CT molecular complexity index is 437. The van der Waals surface area contributed by atoms with Crippen LogP contribution >= 0.6 is 0 Å². The molecular formula is C17H26N2O2. The standard InChI is InChI=1S/C17H26N2O2/c1-19(15-11-13-3-4-14(12-15)18-13)9-10-21-17-7-5-16(20-2)6-8-17/h5-8,13-15,18H,3-4,9-12H2,1-2H3. The Kier molecular flexibility index (Phi) is 4.66. The molecule has 1 aromatic carbocycles. The smallest absolute Gasteiger partial charge is 0.119 e. The maximum atomic E-state index is 5.82. The van der Waals surface area contributed by atoms with E-state index < -0.39 is 0 Å². The third-order valence-corrected chi connectivity index (χ3v) is 4.84. The van der Waals surface area contributed by atoms with Gasteiger partial charge in [-0.25, -0.2) is 0 Å². The van der Waals surface area contributed by atoms with Crippen LogP contribution in [0, 0.1) is 0 Å². The van der Waals surface area contributed by atoms with Crippen molar-refractivity contribution in [3.05, 3.63) is 24.3 Å². The van der Waals surface area contributed by atoms with Gasteiger partial charge in [0.25, 0.3) is 0 Å². The zero-order valence-corrected chi connectivity index (χ0v) is 13.0. The van der Waals surface area contributed by atoms with Crippen molar-refractivity contribution in [1.82, 2.24) is 10.2 Å². The molecular weight excluding hydrogens is 264 g/mol. The number of hydrogen-bond donors (Lipinski definition) is 1. The number of piperidine rings is 1. The molecule has 21 heavy (non-hydrogen) atoms. The Balaban J connectivity index is 1.42. The normalized spacial score (nSPS) is 27.9. The molecule has 2 heterocycles. The highest BCUT2D eigenvalue weighted by Gasteiger charge is 2.34. The van der Waals surface area contributed by atoms with Crippen LogP contribution in [0.25, 0.3) is 0 Å². The lowest BCUT2D eigenvalue weighted by molar-refractivity contribution is 0.147. The van der Waals surface area contributed by atoms with Crippen molar-refractivity contribution in [2.75, 3.05) is 27.3 Å². The van der Waals surface area contributed by atoms with E-state index >= 15 is 0 Å². The summed E-state index contributed by atoms with van der Waals surface area (Å²) >= 11 is 0. The van der Waals surface area contributed by atoms with Crippen molar-refractivity contribution in [2.24, 2.45) is 0 Å². The number of rotatable bonds is 6. The quantitative estimate of drug-likeness (QED) is 0.871. The van der Waals surface area contributed by atoms with Gasteiger partial charge in [0.2, 0.25) is 0 Å². The van der Waals surface area contributed by atoms with Crippen molar-refractivity contribution in [3.8, 4) is 11.5 Å². The van der Waals surface area contributed by atoms with Crippen LogP contribution in [0.5, 0.6) is 11.5 Å². The maximum absolute atomic E-state index is 5.82. The van der Waals surface area contributed by atoms with Gasteiger partial charge in [-0.1, -0.05) is 0 Å². The summed E-state index contributed by atoms with van der Waals surface area (Å²) in [5.41, 5.74) is 0. The van der Waals surface area contributed by atoms with E-state index in [1.165, 1.54) is 25.7 Å². The SMILES string of the molecule is COc1ccc(OCCN(C)C2CC3CCC(C2)N3)cc1. The molecule has 2 fully saturated rings. The fraction of sp³-hybridized carbons (Fsp3) is 0.647. The van der Waals surface area contributed by atoms with E-state index in [4.69, 9.17) is 9.47 Å². The van der Waals surface area contributed by atoms with Gasteiger partial charge in [0.15, 0.2) is 0 Å². The summed E-state index contributed by atoms with van der Waals surface area (Å²) in [7, 11) is 3.91. The van der Waals surface area contributed by atoms with Crippen molar-refractivity contribution in [3.63, 3.8) is 0 Å². The summed E-state index contributed by atoms with van der Waals surface area (Å²) in [4.78, 5) is 2.47. The van der Waals surface area contributed by atoms with Crippen molar-refractivity contribution in [2.45, 2.75) is 43.8 Å². The first kappa shape index (κ1) is 14.7. The zero-order chi connectivity index (χ0) is 14.7. The molecule has 2 aliphatic heterocycles. The van der Waals surface area contributed by atoms with Crippen LogP contribution in [0.15, 0.2) is 24.3 Å². The number of nitrogens with one attached hydrogen (secondary N) is 1. The average molecular weight is 290 g/mol. The second-order valence-electron chi connectivity index (χ2n) is 6.27. The van der Waals surface area contributed by atoms with Gasteiger partial charge in [-0.05, 0) is 57.0 Å². The number of methoxy groups -OCH3 is 1. The Morgan fingerprint density at radius 1 is 1.10 bits per heavy atom. The lowest BCUT2D eigenvalue weighted by atomic mass is 9.99. The van der Waals surface area contributed by atoms with Gasteiger partial charge in [-0.2, -0.15) is 0 Å². The molecule has 1 aromatic rings. The van der Waals surface area contributed by atoms with Crippen LogP contribution in [-0.4, -0.2) is 50.3 Å². The Morgan fingerprint density at radius 3 is 2.33 bits per heavy atom. The minimum absolute atomic E-state index is 0.711. The molecule has 1 N–H and O–H groups in total. The van der Waals surface area contributed by atoms with Gasteiger partial charge >= 0.3 is 0 Å². The molecule has 2 saturated heterocycles. The van der Waals surface area contributed by atoms with Crippen LogP contribution in [-0.2, 0) is 0 Å². The Hall–Kier alpha value is -1.26. The van der Waals surface area contributed by atoms with Gasteiger partial charge in [-0.15, -0.1) is 0 Å². The molecule has 4 heteroatoms. The lowest BCUT2D eigenvalue weighted by Crippen LogP contribution is -2.47. The largest absolute Gasteiger partial charge is 0.497 e. The van der Waals surface area contributed by atoms with Gasteiger partial charge in [0.1, 0.15) is 18.1 Å². The third kappa shape index (κ3) is 3.69. The first-order valence-corrected chi connectivity index (χ1v) is 7.98. The number of nitrogens with zero attached hydrogens (tertiary/aromatic N) is 1. The minimum Gasteiger partial charge on any atom is -0.497 e. The Labute approximate surface area is 127 Å². The molecule has 3 rings (SSSR count). The molecule has 2 bridgehead atoms. The van der Waals surface area contributed by atoms with Crippen LogP contribution in [0.4, 0.5) is 0 Å². The van der Waals surface area contributed by atoms with E-state index in [2.05, 4.69) is 17.3 Å². The summed E-state index contributed by atoms with van der Waals surface area (Å²) in [6.07, 6.45) is 5.29. The molecule has 0 spiro atoms. The molecule has 2 unspecified atom stereocenters. The number of hydrogen-bond acceptors (Lipinski definition) is 4. The molecule has 2 aliphatic rings. The zero-order valence-electron chi connectivity index (χ0n) is 13.0. The van der Waals surface area contributed by atoms with Gasteiger partial charge < -0.3 is 14.8 Å². The molecule has 116 valence electrons. The first-order chi connectivity index (χ1) is 10.2. The molecule has 0 aliphatic carbocycles. The predicted molar refractivity (Wildman–Crippen MR) is 84.1 cm³/mol. The van der Waals surface area contributed by atoms with Gasteiger partial charge in [0, 0.05) is 24.7 Å². The molecule has 0 aromatic heterocycles. The van der Waals surface area contributed by atoms with Gasteiger partial charge in [-0.3, -0.25) is 4.90 Å². The third-order valence-electron chi connectivity index (χ3n) is 4.84.